The Morgan fingerprint density at radius 2 is 1.62 bits per heavy atom. The number of nitrogens with two attached hydrogens (primary N) is 1. The molecular weight excluding hydrogens is 260 g/mol. The molecule has 0 aromatic heterocycles. The lowest BCUT2D eigenvalue weighted by molar-refractivity contribution is 0.0950. The average Bonchev–Trinajstić information content (AvgIpc) is 2.53. The molecule has 0 saturated heterocycles. The van der Waals surface area contributed by atoms with E-state index in [2.05, 4.69) is 24.4 Å². The van der Waals surface area contributed by atoms with E-state index in [-0.39, 0.29) is 5.91 Å². The normalized spacial score (nSPS) is 10.4. The average molecular weight is 282 g/mol. The molecule has 1 amide bonds. The number of nitrogens with one attached hydrogen (secondary N) is 1. The standard InChI is InChI=1S/C18H22N2O/c1-2-14-7-3-4-9-16(14)13-20-18(21)17-10-6-5-8-15(17)11-12-19/h3-10H,2,11-13,19H2,1H3,(H,20,21). The molecule has 2 aromatic rings. The molecule has 21 heavy (non-hydrogen) atoms. The molecule has 3 heteroatoms. The summed E-state index contributed by atoms with van der Waals surface area (Å²) in [5.74, 6) is -0.0371. The zero-order valence-electron chi connectivity index (χ0n) is 12.4. The van der Waals surface area contributed by atoms with Gasteiger partial charge in [-0.05, 0) is 42.1 Å². The van der Waals surface area contributed by atoms with E-state index in [0.717, 1.165) is 24.0 Å². The van der Waals surface area contributed by atoms with Crippen molar-refractivity contribution in [1.29, 1.82) is 0 Å². The van der Waals surface area contributed by atoms with Gasteiger partial charge >= 0.3 is 0 Å². The van der Waals surface area contributed by atoms with Crippen LogP contribution in [0.25, 0.3) is 0 Å². The fraction of sp³-hybridized carbons (Fsp3) is 0.278. The number of rotatable bonds is 6. The number of carbonyl (C=O) groups excluding carboxylic acids is 1. The molecule has 0 aliphatic carbocycles. The van der Waals surface area contributed by atoms with Crippen molar-refractivity contribution in [2.45, 2.75) is 26.3 Å². The van der Waals surface area contributed by atoms with E-state index in [1.807, 2.05) is 36.4 Å². The topological polar surface area (TPSA) is 55.1 Å². The van der Waals surface area contributed by atoms with Gasteiger partial charge < -0.3 is 11.1 Å². The van der Waals surface area contributed by atoms with Gasteiger partial charge in [-0.1, -0.05) is 49.4 Å². The molecule has 110 valence electrons. The minimum atomic E-state index is -0.0371. The Labute approximate surface area is 126 Å². The molecule has 0 radical (unpaired) electrons. The smallest absolute Gasteiger partial charge is 0.251 e. The summed E-state index contributed by atoms with van der Waals surface area (Å²) in [5, 5.41) is 3.01. The van der Waals surface area contributed by atoms with Crippen LogP contribution in [0, 0.1) is 0 Å². The molecule has 0 aliphatic heterocycles. The SMILES string of the molecule is CCc1ccccc1CNC(=O)c1ccccc1CCN. The van der Waals surface area contributed by atoms with Crippen LogP contribution in [0.1, 0.15) is 34.0 Å². The second-order valence-electron chi connectivity index (χ2n) is 5.00. The Balaban J connectivity index is 2.08. The molecule has 0 heterocycles. The molecule has 0 aliphatic rings. The molecular formula is C18H22N2O. The molecule has 3 nitrogen and oxygen atoms in total. The predicted molar refractivity (Wildman–Crippen MR) is 86.2 cm³/mol. The fourth-order valence-corrected chi connectivity index (χ4v) is 2.46. The summed E-state index contributed by atoms with van der Waals surface area (Å²) >= 11 is 0. The number of amides is 1. The molecule has 2 aromatic carbocycles. The Hall–Kier alpha value is -2.13. The van der Waals surface area contributed by atoms with Gasteiger partial charge in [0.2, 0.25) is 0 Å². The zero-order valence-corrected chi connectivity index (χ0v) is 12.4. The maximum absolute atomic E-state index is 12.4. The van der Waals surface area contributed by atoms with Crippen molar-refractivity contribution >= 4 is 5.91 Å². The largest absolute Gasteiger partial charge is 0.348 e. The summed E-state index contributed by atoms with van der Waals surface area (Å²) in [5.41, 5.74) is 9.76. The first kappa shape index (κ1) is 15.3. The van der Waals surface area contributed by atoms with Crippen molar-refractivity contribution in [3.8, 4) is 0 Å². The lowest BCUT2D eigenvalue weighted by atomic mass is 10.0. The van der Waals surface area contributed by atoms with Gasteiger partial charge in [0.1, 0.15) is 0 Å². The highest BCUT2D eigenvalue weighted by molar-refractivity contribution is 5.95. The number of carbonyl (C=O) groups is 1. The Morgan fingerprint density at radius 1 is 1.00 bits per heavy atom. The number of hydrogen-bond donors (Lipinski definition) is 2. The molecule has 3 N–H and O–H groups in total. The maximum atomic E-state index is 12.4. The van der Waals surface area contributed by atoms with Gasteiger partial charge in [-0.25, -0.2) is 0 Å². The quantitative estimate of drug-likeness (QED) is 0.856. The monoisotopic (exact) mass is 282 g/mol. The Bertz CT molecular complexity index is 608. The van der Waals surface area contributed by atoms with Gasteiger partial charge in [0.15, 0.2) is 0 Å². The van der Waals surface area contributed by atoms with E-state index in [4.69, 9.17) is 5.73 Å². The molecule has 0 fully saturated rings. The van der Waals surface area contributed by atoms with Crippen LogP contribution in [0.3, 0.4) is 0 Å². The molecule has 0 bridgehead atoms. The summed E-state index contributed by atoms with van der Waals surface area (Å²) in [7, 11) is 0. The highest BCUT2D eigenvalue weighted by Gasteiger charge is 2.10. The third-order valence-corrected chi connectivity index (χ3v) is 3.61. The van der Waals surface area contributed by atoms with Crippen LogP contribution in [0.5, 0.6) is 0 Å². The summed E-state index contributed by atoms with van der Waals surface area (Å²) in [6.45, 7) is 3.22. The Kier molecular flexibility index (Phi) is 5.52. The summed E-state index contributed by atoms with van der Waals surface area (Å²) in [6, 6.07) is 15.8. The van der Waals surface area contributed by atoms with E-state index < -0.39 is 0 Å². The van der Waals surface area contributed by atoms with E-state index in [9.17, 15) is 4.79 Å². The predicted octanol–water partition coefficient (Wildman–Crippen LogP) is 2.68. The third-order valence-electron chi connectivity index (χ3n) is 3.61. The second kappa shape index (κ2) is 7.60. The van der Waals surface area contributed by atoms with E-state index in [1.54, 1.807) is 0 Å². The van der Waals surface area contributed by atoms with Crippen LogP contribution < -0.4 is 11.1 Å². The first-order chi connectivity index (χ1) is 10.3. The van der Waals surface area contributed by atoms with Crippen molar-refractivity contribution in [3.63, 3.8) is 0 Å². The first-order valence-electron chi connectivity index (χ1n) is 7.39. The highest BCUT2D eigenvalue weighted by atomic mass is 16.1. The summed E-state index contributed by atoms with van der Waals surface area (Å²) < 4.78 is 0. The van der Waals surface area contributed by atoms with Crippen LogP contribution >= 0.6 is 0 Å². The van der Waals surface area contributed by atoms with Gasteiger partial charge in [0.25, 0.3) is 5.91 Å². The molecule has 2 rings (SSSR count). The second-order valence-corrected chi connectivity index (χ2v) is 5.00. The minimum Gasteiger partial charge on any atom is -0.348 e. The summed E-state index contributed by atoms with van der Waals surface area (Å²) in [6.07, 6.45) is 1.69. The lowest BCUT2D eigenvalue weighted by Crippen LogP contribution is -2.25. The van der Waals surface area contributed by atoms with Gasteiger partial charge in [0, 0.05) is 12.1 Å². The first-order valence-corrected chi connectivity index (χ1v) is 7.39. The molecule has 0 atom stereocenters. The van der Waals surface area contributed by atoms with Gasteiger partial charge in [-0.2, -0.15) is 0 Å². The fourth-order valence-electron chi connectivity index (χ4n) is 2.46. The van der Waals surface area contributed by atoms with Crippen LogP contribution in [0.4, 0.5) is 0 Å². The molecule has 0 spiro atoms. The van der Waals surface area contributed by atoms with Crippen LogP contribution in [-0.4, -0.2) is 12.5 Å². The van der Waals surface area contributed by atoms with Crippen molar-refractivity contribution in [1.82, 2.24) is 5.32 Å². The van der Waals surface area contributed by atoms with E-state index >= 15 is 0 Å². The maximum Gasteiger partial charge on any atom is 0.251 e. The third kappa shape index (κ3) is 3.92. The van der Waals surface area contributed by atoms with Gasteiger partial charge in [-0.3, -0.25) is 4.79 Å². The Morgan fingerprint density at radius 3 is 2.29 bits per heavy atom. The minimum absolute atomic E-state index is 0.0371. The van der Waals surface area contributed by atoms with E-state index in [0.29, 0.717) is 13.1 Å². The van der Waals surface area contributed by atoms with Gasteiger partial charge in [0.05, 0.1) is 0 Å². The number of hydrogen-bond acceptors (Lipinski definition) is 2. The van der Waals surface area contributed by atoms with Crippen molar-refractivity contribution in [2.75, 3.05) is 6.54 Å². The van der Waals surface area contributed by atoms with E-state index in [1.165, 1.54) is 11.1 Å². The highest BCUT2D eigenvalue weighted by Crippen LogP contribution is 2.12. The van der Waals surface area contributed by atoms with Crippen LogP contribution in [0.2, 0.25) is 0 Å². The van der Waals surface area contributed by atoms with Crippen molar-refractivity contribution < 1.29 is 4.79 Å². The number of aryl methyl sites for hydroxylation is 1. The summed E-state index contributed by atoms with van der Waals surface area (Å²) in [4.78, 5) is 12.4. The molecule has 0 unspecified atom stereocenters. The van der Waals surface area contributed by atoms with Crippen molar-refractivity contribution in [3.05, 3.63) is 70.8 Å². The van der Waals surface area contributed by atoms with Gasteiger partial charge in [-0.15, -0.1) is 0 Å². The van der Waals surface area contributed by atoms with Crippen LogP contribution in [0.15, 0.2) is 48.5 Å². The zero-order chi connectivity index (χ0) is 15.1. The van der Waals surface area contributed by atoms with Crippen molar-refractivity contribution in [2.24, 2.45) is 5.73 Å². The van der Waals surface area contributed by atoms with Crippen LogP contribution in [-0.2, 0) is 19.4 Å². The number of benzene rings is 2. The lowest BCUT2D eigenvalue weighted by Gasteiger charge is -2.11. The molecule has 0 saturated carbocycles.